The fourth-order valence-corrected chi connectivity index (χ4v) is 2.95. The molecule has 0 radical (unpaired) electrons. The van der Waals surface area contributed by atoms with E-state index in [4.69, 9.17) is 0 Å². The van der Waals surface area contributed by atoms with Crippen LogP contribution in [0.1, 0.15) is 38.1 Å². The highest BCUT2D eigenvalue weighted by Gasteiger charge is 2.60. The summed E-state index contributed by atoms with van der Waals surface area (Å²) >= 11 is 0. The Morgan fingerprint density at radius 2 is 1.91 bits per heavy atom. The number of hydrogen-bond donors (Lipinski definition) is 2. The monoisotopic (exact) mass is 300 g/mol. The van der Waals surface area contributed by atoms with Gasteiger partial charge in [-0.25, -0.2) is 0 Å². The van der Waals surface area contributed by atoms with E-state index in [0.717, 1.165) is 0 Å². The van der Waals surface area contributed by atoms with Crippen LogP contribution in [0.4, 0.5) is 5.69 Å². The van der Waals surface area contributed by atoms with Crippen molar-refractivity contribution in [1.29, 1.82) is 0 Å². The number of allylic oxidation sites excluding steroid dienone is 2. The number of benzene rings is 1. The van der Waals surface area contributed by atoms with E-state index in [-0.39, 0.29) is 29.1 Å². The van der Waals surface area contributed by atoms with E-state index in [0.29, 0.717) is 11.3 Å². The Balaban J connectivity index is 2.10. The smallest absolute Gasteiger partial charge is 0.251 e. The molecule has 0 aromatic heterocycles. The first-order valence-electron chi connectivity index (χ1n) is 7.55. The maximum Gasteiger partial charge on any atom is 0.251 e. The number of carbonyl (C=O) groups is 2. The summed E-state index contributed by atoms with van der Waals surface area (Å²) in [4.78, 5) is 24.1. The van der Waals surface area contributed by atoms with E-state index in [9.17, 15) is 9.59 Å². The molecule has 2 N–H and O–H groups in total. The number of hydrogen-bond acceptors (Lipinski definition) is 2. The van der Waals surface area contributed by atoms with Gasteiger partial charge in [-0.2, -0.15) is 0 Å². The molecule has 1 aromatic carbocycles. The van der Waals surface area contributed by atoms with Crippen LogP contribution in [0.2, 0.25) is 0 Å². The lowest BCUT2D eigenvalue weighted by Gasteiger charge is -2.08. The first-order chi connectivity index (χ1) is 10.3. The third kappa shape index (κ3) is 3.21. The molecule has 0 aliphatic heterocycles. The Morgan fingerprint density at radius 3 is 2.50 bits per heavy atom. The van der Waals surface area contributed by atoms with E-state index in [2.05, 4.69) is 44.4 Å². The van der Waals surface area contributed by atoms with Gasteiger partial charge < -0.3 is 10.6 Å². The van der Waals surface area contributed by atoms with Crippen LogP contribution in [0.15, 0.2) is 35.9 Å². The molecule has 4 heteroatoms. The average Bonchev–Trinajstić information content (AvgIpc) is 2.98. The molecule has 0 bridgehead atoms. The normalized spacial score (nSPS) is 21.7. The van der Waals surface area contributed by atoms with Crippen LogP contribution in [0, 0.1) is 17.3 Å². The highest BCUT2D eigenvalue weighted by Crippen LogP contribution is 2.59. The van der Waals surface area contributed by atoms with E-state index in [1.807, 2.05) is 0 Å². The lowest BCUT2D eigenvalue weighted by molar-refractivity contribution is -0.118. The zero-order valence-corrected chi connectivity index (χ0v) is 13.9. The van der Waals surface area contributed by atoms with Crippen LogP contribution >= 0.6 is 0 Å². The van der Waals surface area contributed by atoms with Crippen LogP contribution in [0.3, 0.4) is 0 Å². The molecule has 1 aliphatic rings. The Kier molecular flexibility index (Phi) is 4.40. The predicted octanol–water partition coefficient (Wildman–Crippen LogP) is 3.22. The zero-order chi connectivity index (χ0) is 16.5. The highest BCUT2D eigenvalue weighted by atomic mass is 16.2. The zero-order valence-electron chi connectivity index (χ0n) is 13.9. The second-order valence-corrected chi connectivity index (χ2v) is 6.72. The number of anilines is 1. The van der Waals surface area contributed by atoms with E-state index >= 15 is 0 Å². The van der Waals surface area contributed by atoms with Gasteiger partial charge in [-0.1, -0.05) is 31.6 Å². The Morgan fingerprint density at radius 1 is 1.23 bits per heavy atom. The van der Waals surface area contributed by atoms with E-state index in [1.165, 1.54) is 5.57 Å². The fraction of sp³-hybridized carbons (Fsp3) is 0.444. The van der Waals surface area contributed by atoms with Crippen molar-refractivity contribution in [3.63, 3.8) is 0 Å². The minimum atomic E-state index is -0.162. The number of nitrogens with one attached hydrogen (secondary N) is 2. The number of rotatable bonds is 4. The molecule has 2 atom stereocenters. The van der Waals surface area contributed by atoms with Gasteiger partial charge in [-0.05, 0) is 43.4 Å². The molecule has 0 spiro atoms. The Hall–Kier alpha value is -2.10. The summed E-state index contributed by atoms with van der Waals surface area (Å²) in [7, 11) is 1.59. The summed E-state index contributed by atoms with van der Waals surface area (Å²) in [6.45, 7) is 8.33. The van der Waals surface area contributed by atoms with Crippen molar-refractivity contribution >= 4 is 17.5 Å². The van der Waals surface area contributed by atoms with Crippen LogP contribution < -0.4 is 10.6 Å². The largest absolute Gasteiger partial charge is 0.355 e. The Labute approximate surface area is 132 Å². The molecule has 0 heterocycles. The topological polar surface area (TPSA) is 58.2 Å². The quantitative estimate of drug-likeness (QED) is 0.839. The van der Waals surface area contributed by atoms with Crippen molar-refractivity contribution in [3.8, 4) is 0 Å². The van der Waals surface area contributed by atoms with Crippen LogP contribution in [-0.2, 0) is 4.79 Å². The van der Waals surface area contributed by atoms with Gasteiger partial charge in [0.25, 0.3) is 5.91 Å². The molecular weight excluding hydrogens is 276 g/mol. The predicted molar refractivity (Wildman–Crippen MR) is 88.7 cm³/mol. The van der Waals surface area contributed by atoms with Crippen molar-refractivity contribution in [3.05, 3.63) is 41.5 Å². The molecule has 0 unspecified atom stereocenters. The molecule has 1 fully saturated rings. The highest BCUT2D eigenvalue weighted by molar-refractivity contribution is 5.98. The molecular formula is C18H24N2O2. The van der Waals surface area contributed by atoms with Gasteiger partial charge in [0.2, 0.25) is 5.91 Å². The van der Waals surface area contributed by atoms with E-state index in [1.54, 1.807) is 31.3 Å². The van der Waals surface area contributed by atoms with Gasteiger partial charge in [0.15, 0.2) is 0 Å². The van der Waals surface area contributed by atoms with Gasteiger partial charge in [-0.15, -0.1) is 0 Å². The maximum atomic E-state index is 12.5. The minimum absolute atomic E-state index is 0.0141. The number of carbonyl (C=O) groups excluding carboxylic acids is 2. The van der Waals surface area contributed by atoms with Gasteiger partial charge >= 0.3 is 0 Å². The number of amides is 2. The van der Waals surface area contributed by atoms with Crippen molar-refractivity contribution in [2.75, 3.05) is 12.4 Å². The minimum Gasteiger partial charge on any atom is -0.355 e. The molecule has 1 aliphatic carbocycles. The summed E-state index contributed by atoms with van der Waals surface area (Å²) in [5.74, 6) is 0.109. The first kappa shape index (κ1) is 16.3. The second-order valence-electron chi connectivity index (χ2n) is 6.72. The third-order valence-electron chi connectivity index (χ3n) is 4.33. The van der Waals surface area contributed by atoms with E-state index < -0.39 is 0 Å². The van der Waals surface area contributed by atoms with Crippen LogP contribution in [-0.4, -0.2) is 18.9 Å². The fourth-order valence-electron chi connectivity index (χ4n) is 2.95. The molecule has 2 rings (SSSR count). The average molecular weight is 300 g/mol. The van der Waals surface area contributed by atoms with Crippen LogP contribution in [0.5, 0.6) is 0 Å². The lowest BCUT2D eigenvalue weighted by atomic mass is 10.1. The standard InChI is InChI=1S/C18H24N2O2/c1-11(2)9-14-15(18(14,3)4)17(22)20-13-8-6-7-12(10-13)16(21)19-5/h6-10,14-15H,1-5H3,(H,19,21)(H,20,22)/t14-,15-/m1/s1. The lowest BCUT2D eigenvalue weighted by Crippen LogP contribution is -2.19. The second kappa shape index (κ2) is 5.95. The third-order valence-corrected chi connectivity index (χ3v) is 4.33. The van der Waals surface area contributed by atoms with Crippen molar-refractivity contribution in [2.24, 2.45) is 17.3 Å². The summed E-state index contributed by atoms with van der Waals surface area (Å²) < 4.78 is 0. The van der Waals surface area contributed by atoms with Gasteiger partial charge in [0.05, 0.1) is 5.92 Å². The molecule has 118 valence electrons. The molecule has 22 heavy (non-hydrogen) atoms. The van der Waals surface area contributed by atoms with Gasteiger partial charge in [0, 0.05) is 18.3 Å². The first-order valence-corrected chi connectivity index (χ1v) is 7.55. The summed E-state index contributed by atoms with van der Waals surface area (Å²) in [6.07, 6.45) is 2.17. The Bertz CT molecular complexity index is 628. The molecule has 2 amide bonds. The molecule has 1 saturated carbocycles. The van der Waals surface area contributed by atoms with Crippen molar-refractivity contribution in [2.45, 2.75) is 27.7 Å². The summed E-state index contributed by atoms with van der Waals surface area (Å²) in [5.41, 5.74) is 2.41. The maximum absolute atomic E-state index is 12.5. The van der Waals surface area contributed by atoms with Gasteiger partial charge in [-0.3, -0.25) is 9.59 Å². The van der Waals surface area contributed by atoms with Crippen molar-refractivity contribution in [1.82, 2.24) is 5.32 Å². The van der Waals surface area contributed by atoms with Crippen molar-refractivity contribution < 1.29 is 9.59 Å². The SMILES string of the molecule is CNC(=O)c1cccc(NC(=O)[C@H]2[C@@H](C=C(C)C)C2(C)C)c1. The summed E-state index contributed by atoms with van der Waals surface area (Å²) in [5, 5.41) is 5.51. The molecule has 1 aromatic rings. The molecule has 4 nitrogen and oxygen atoms in total. The van der Waals surface area contributed by atoms with Crippen LogP contribution in [0.25, 0.3) is 0 Å². The van der Waals surface area contributed by atoms with Gasteiger partial charge in [0.1, 0.15) is 0 Å². The molecule has 0 saturated heterocycles. The summed E-state index contributed by atoms with van der Waals surface area (Å²) in [6, 6.07) is 6.99.